The number of carbonyl (C=O) groups excluding carboxylic acids is 2. The van der Waals surface area contributed by atoms with Crippen molar-refractivity contribution >= 4 is 11.8 Å². The second kappa shape index (κ2) is 8.84. The van der Waals surface area contributed by atoms with Gasteiger partial charge in [-0.1, -0.05) is 20.8 Å². The van der Waals surface area contributed by atoms with E-state index in [1.807, 2.05) is 57.7 Å². The fraction of sp³-hybridized carbons (Fsp3) is 0.636. The highest BCUT2D eigenvalue weighted by Gasteiger charge is 2.42. The molecule has 2 amide bonds. The first-order valence-electron chi connectivity index (χ1n) is 9.85. The molecule has 0 spiro atoms. The van der Waals surface area contributed by atoms with Crippen molar-refractivity contribution in [2.75, 3.05) is 27.3 Å². The average Bonchev–Trinajstić information content (AvgIpc) is 3.04. The van der Waals surface area contributed by atoms with Gasteiger partial charge in [0, 0.05) is 37.0 Å². The van der Waals surface area contributed by atoms with Crippen molar-refractivity contribution in [2.24, 2.45) is 11.3 Å². The molecule has 1 saturated heterocycles. The van der Waals surface area contributed by atoms with Crippen molar-refractivity contribution in [3.8, 4) is 11.5 Å². The summed E-state index contributed by atoms with van der Waals surface area (Å²) in [5.41, 5.74) is 0.801. The number of nitrogens with one attached hydrogen (secondary N) is 1. The highest BCUT2D eigenvalue weighted by atomic mass is 16.5. The van der Waals surface area contributed by atoms with Gasteiger partial charge in [0.15, 0.2) is 0 Å². The van der Waals surface area contributed by atoms with Crippen LogP contribution < -0.4 is 14.8 Å². The van der Waals surface area contributed by atoms with Crippen molar-refractivity contribution in [2.45, 2.75) is 53.0 Å². The summed E-state index contributed by atoms with van der Waals surface area (Å²) in [5.74, 6) is 0.992. The number of likely N-dealkylation sites (tertiary alicyclic amines) is 1. The van der Waals surface area contributed by atoms with Crippen molar-refractivity contribution in [1.29, 1.82) is 0 Å². The van der Waals surface area contributed by atoms with Crippen LogP contribution in [0.2, 0.25) is 0 Å². The number of ether oxygens (including phenoxy) is 2. The first kappa shape index (κ1) is 22.1. The monoisotopic (exact) mass is 390 g/mol. The summed E-state index contributed by atoms with van der Waals surface area (Å²) in [6, 6.07) is 5.64. The van der Waals surface area contributed by atoms with Gasteiger partial charge in [0.1, 0.15) is 11.5 Å². The number of hydrogen-bond acceptors (Lipinski definition) is 4. The Morgan fingerprint density at radius 3 is 2.39 bits per heavy atom. The molecule has 1 aliphatic rings. The van der Waals surface area contributed by atoms with Crippen molar-refractivity contribution in [3.63, 3.8) is 0 Å². The average molecular weight is 391 g/mol. The lowest BCUT2D eigenvalue weighted by Gasteiger charge is -2.23. The maximum Gasteiger partial charge on any atom is 0.225 e. The second-order valence-corrected chi connectivity index (χ2v) is 9.02. The first-order chi connectivity index (χ1) is 13.1. The zero-order valence-electron chi connectivity index (χ0n) is 18.2. The van der Waals surface area contributed by atoms with Crippen LogP contribution in [0.5, 0.6) is 11.5 Å². The molecule has 0 radical (unpaired) electrons. The lowest BCUT2D eigenvalue weighted by atomic mass is 9.87. The van der Waals surface area contributed by atoms with Crippen LogP contribution in [0.3, 0.4) is 0 Å². The van der Waals surface area contributed by atoms with E-state index in [2.05, 4.69) is 5.32 Å². The molecule has 1 heterocycles. The maximum atomic E-state index is 12.9. The quantitative estimate of drug-likeness (QED) is 0.810. The second-order valence-electron chi connectivity index (χ2n) is 9.02. The summed E-state index contributed by atoms with van der Waals surface area (Å²) in [6.07, 6.45) is 0.452. The van der Waals surface area contributed by atoms with E-state index >= 15 is 0 Å². The Morgan fingerprint density at radius 1 is 1.18 bits per heavy atom. The van der Waals surface area contributed by atoms with Crippen molar-refractivity contribution in [3.05, 3.63) is 23.8 Å². The Balaban J connectivity index is 2.38. The summed E-state index contributed by atoms with van der Waals surface area (Å²) in [6.45, 7) is 10.9. The molecule has 0 aromatic heterocycles. The predicted molar refractivity (Wildman–Crippen MR) is 110 cm³/mol. The fourth-order valence-corrected chi connectivity index (χ4v) is 3.67. The molecule has 1 aromatic carbocycles. The molecule has 1 aliphatic heterocycles. The van der Waals surface area contributed by atoms with Crippen LogP contribution >= 0.6 is 0 Å². The molecule has 2 atom stereocenters. The van der Waals surface area contributed by atoms with Crippen LogP contribution in [-0.2, 0) is 9.59 Å². The molecule has 1 aromatic rings. The third-order valence-corrected chi connectivity index (χ3v) is 4.96. The van der Waals surface area contributed by atoms with Crippen LogP contribution in [0, 0.1) is 11.3 Å². The zero-order chi connectivity index (χ0) is 21.1. The van der Waals surface area contributed by atoms with Gasteiger partial charge in [0.05, 0.1) is 20.1 Å². The number of hydrogen-bond donors (Lipinski definition) is 1. The van der Waals surface area contributed by atoms with E-state index in [0.29, 0.717) is 31.0 Å². The molecular weight excluding hydrogens is 356 g/mol. The van der Waals surface area contributed by atoms with E-state index in [1.54, 1.807) is 14.2 Å². The van der Waals surface area contributed by atoms with Gasteiger partial charge in [0.25, 0.3) is 0 Å². The summed E-state index contributed by atoms with van der Waals surface area (Å²) in [7, 11) is 3.23. The molecule has 0 unspecified atom stereocenters. The minimum Gasteiger partial charge on any atom is -0.497 e. The highest BCUT2D eigenvalue weighted by molar-refractivity contribution is 5.84. The molecule has 0 aliphatic carbocycles. The molecule has 0 saturated carbocycles. The fourth-order valence-electron chi connectivity index (χ4n) is 3.67. The van der Waals surface area contributed by atoms with Gasteiger partial charge >= 0.3 is 0 Å². The van der Waals surface area contributed by atoms with E-state index in [4.69, 9.17) is 9.47 Å². The summed E-state index contributed by atoms with van der Waals surface area (Å²) in [5, 5.41) is 3.01. The molecule has 156 valence electrons. The summed E-state index contributed by atoms with van der Waals surface area (Å²) in [4.78, 5) is 27.6. The summed E-state index contributed by atoms with van der Waals surface area (Å²) >= 11 is 0. The molecule has 2 rings (SSSR count). The Labute approximate surface area is 168 Å². The van der Waals surface area contributed by atoms with E-state index in [1.165, 1.54) is 0 Å². The zero-order valence-corrected chi connectivity index (χ0v) is 18.2. The van der Waals surface area contributed by atoms with Crippen molar-refractivity contribution in [1.82, 2.24) is 10.2 Å². The van der Waals surface area contributed by atoms with Crippen LogP contribution in [0.15, 0.2) is 18.2 Å². The number of amides is 2. The Kier molecular flexibility index (Phi) is 6.96. The van der Waals surface area contributed by atoms with Gasteiger partial charge in [-0.25, -0.2) is 0 Å². The van der Waals surface area contributed by atoms with Crippen LogP contribution in [0.1, 0.15) is 52.5 Å². The van der Waals surface area contributed by atoms with E-state index in [0.717, 1.165) is 5.56 Å². The van der Waals surface area contributed by atoms with Gasteiger partial charge in [0.2, 0.25) is 11.8 Å². The Bertz CT molecular complexity index is 709. The molecular formula is C22H34N2O4. The minimum absolute atomic E-state index is 0.0315. The normalized spacial score (nSPS) is 19.6. The molecule has 28 heavy (non-hydrogen) atoms. The Morgan fingerprint density at radius 2 is 1.86 bits per heavy atom. The van der Waals surface area contributed by atoms with Crippen LogP contribution in [0.25, 0.3) is 0 Å². The standard InChI is InChI=1S/C22H34N2O4/c1-14(2)23-21(26)18-13-24(20(25)11-22(3,4)5)12-17(18)16-10-15(27-6)8-9-19(16)28-7/h8-10,14,17-18H,11-13H2,1-7H3,(H,23,26)/t17-,18+/m0/s1. The van der Waals surface area contributed by atoms with Crippen LogP contribution in [-0.4, -0.2) is 50.1 Å². The van der Waals surface area contributed by atoms with Gasteiger partial charge in [-0.2, -0.15) is 0 Å². The number of rotatable bonds is 6. The number of methoxy groups -OCH3 is 2. The first-order valence-corrected chi connectivity index (χ1v) is 9.85. The lowest BCUT2D eigenvalue weighted by Crippen LogP contribution is -2.39. The molecule has 1 N–H and O–H groups in total. The van der Waals surface area contributed by atoms with Gasteiger partial charge in [-0.05, 0) is 37.5 Å². The number of nitrogens with zero attached hydrogens (tertiary/aromatic N) is 1. The van der Waals surface area contributed by atoms with Gasteiger partial charge in [-0.15, -0.1) is 0 Å². The van der Waals surface area contributed by atoms with E-state index < -0.39 is 0 Å². The van der Waals surface area contributed by atoms with Gasteiger partial charge < -0.3 is 19.7 Å². The minimum atomic E-state index is -0.327. The van der Waals surface area contributed by atoms with E-state index in [9.17, 15) is 9.59 Å². The van der Waals surface area contributed by atoms with Gasteiger partial charge in [-0.3, -0.25) is 9.59 Å². The Hall–Kier alpha value is -2.24. The highest BCUT2D eigenvalue weighted by Crippen LogP contribution is 2.40. The van der Waals surface area contributed by atoms with E-state index in [-0.39, 0.29) is 35.1 Å². The number of benzene rings is 1. The SMILES string of the molecule is COc1ccc(OC)c([C@@H]2CN(C(=O)CC(C)(C)C)C[C@H]2C(=O)NC(C)C)c1. The largest absolute Gasteiger partial charge is 0.497 e. The summed E-state index contributed by atoms with van der Waals surface area (Å²) < 4.78 is 10.9. The maximum absolute atomic E-state index is 12.9. The molecule has 0 bridgehead atoms. The predicted octanol–water partition coefficient (Wildman–Crippen LogP) is 3.21. The van der Waals surface area contributed by atoms with Crippen molar-refractivity contribution < 1.29 is 19.1 Å². The molecule has 6 nitrogen and oxygen atoms in total. The topological polar surface area (TPSA) is 67.9 Å². The molecule has 6 heteroatoms. The smallest absolute Gasteiger partial charge is 0.225 e. The lowest BCUT2D eigenvalue weighted by molar-refractivity contribution is -0.132. The third kappa shape index (κ3) is 5.40. The number of carbonyl (C=O) groups is 2. The molecule has 1 fully saturated rings. The van der Waals surface area contributed by atoms with Crippen LogP contribution in [0.4, 0.5) is 0 Å². The third-order valence-electron chi connectivity index (χ3n) is 4.96.